The second-order valence-corrected chi connectivity index (χ2v) is 15.5. The predicted octanol–water partition coefficient (Wildman–Crippen LogP) is 4.11. The fourth-order valence-corrected chi connectivity index (χ4v) is 4.62. The van der Waals surface area contributed by atoms with Crippen LogP contribution in [0, 0.1) is 5.41 Å². The number of hydrogen-bond donors (Lipinski definition) is 1. The number of likely N-dealkylation sites (tertiary alicyclic amines) is 1. The highest BCUT2D eigenvalue weighted by atomic mass is 28.4. The van der Waals surface area contributed by atoms with Gasteiger partial charge in [-0.15, -0.1) is 6.58 Å². The van der Waals surface area contributed by atoms with Crippen molar-refractivity contribution in [3.8, 4) is 0 Å². The second-order valence-electron chi connectivity index (χ2n) is 10.7. The molecule has 0 aromatic rings. The van der Waals surface area contributed by atoms with Gasteiger partial charge in [0.05, 0.1) is 19.8 Å². The maximum Gasteiger partial charge on any atom is 0.411 e. The average molecular weight is 444 g/mol. The van der Waals surface area contributed by atoms with E-state index in [-0.39, 0.29) is 11.6 Å². The van der Waals surface area contributed by atoms with Crippen molar-refractivity contribution in [2.24, 2.45) is 5.41 Å². The lowest BCUT2D eigenvalue weighted by molar-refractivity contribution is -0.151. The molecule has 0 bridgehead atoms. The zero-order valence-corrected chi connectivity index (χ0v) is 21.2. The van der Waals surface area contributed by atoms with E-state index < -0.39 is 43.5 Å². The molecule has 1 amide bonds. The molecule has 30 heavy (non-hydrogen) atoms. The lowest BCUT2D eigenvalue weighted by Crippen LogP contribution is -2.52. The Bertz CT molecular complexity index is 637. The van der Waals surface area contributed by atoms with Gasteiger partial charge >= 0.3 is 12.1 Å². The van der Waals surface area contributed by atoms with Crippen molar-refractivity contribution >= 4 is 20.4 Å². The van der Waals surface area contributed by atoms with Gasteiger partial charge in [0, 0.05) is 12.0 Å². The molecular formula is C22H41NO6Si. The Morgan fingerprint density at radius 1 is 1.23 bits per heavy atom. The fraction of sp³-hybridized carbons (Fsp3) is 0.818. The van der Waals surface area contributed by atoms with E-state index in [1.807, 2.05) is 0 Å². The van der Waals surface area contributed by atoms with Crippen molar-refractivity contribution in [2.45, 2.75) is 90.3 Å². The summed E-state index contributed by atoms with van der Waals surface area (Å²) in [5.74, 6) is -0.577. The van der Waals surface area contributed by atoms with Gasteiger partial charge in [0.2, 0.25) is 0 Å². The summed E-state index contributed by atoms with van der Waals surface area (Å²) in [7, 11) is -0.729. The highest BCUT2D eigenvalue weighted by Crippen LogP contribution is 2.46. The topological polar surface area (TPSA) is 85.3 Å². The first-order chi connectivity index (χ1) is 13.5. The summed E-state index contributed by atoms with van der Waals surface area (Å²) < 4.78 is 16.8. The van der Waals surface area contributed by atoms with Crippen LogP contribution in [0.3, 0.4) is 0 Å². The van der Waals surface area contributed by atoms with Gasteiger partial charge in [-0.05, 0) is 51.7 Å². The second kappa shape index (κ2) is 9.40. The van der Waals surface area contributed by atoms with Crippen molar-refractivity contribution < 1.29 is 28.6 Å². The molecule has 8 heteroatoms. The molecule has 1 aliphatic rings. The third-order valence-electron chi connectivity index (χ3n) is 6.30. The maximum atomic E-state index is 12.8. The van der Waals surface area contributed by atoms with Crippen LogP contribution in [0.1, 0.15) is 54.4 Å². The number of rotatable bonds is 7. The van der Waals surface area contributed by atoms with Crippen LogP contribution in [-0.4, -0.2) is 68.4 Å². The lowest BCUT2D eigenvalue weighted by Gasteiger charge is -2.40. The fourth-order valence-electron chi connectivity index (χ4n) is 3.57. The molecule has 0 aromatic heterocycles. The number of methoxy groups -OCH3 is 1. The van der Waals surface area contributed by atoms with E-state index in [9.17, 15) is 14.7 Å². The lowest BCUT2D eigenvalue weighted by atomic mass is 9.73. The van der Waals surface area contributed by atoms with Crippen LogP contribution in [-0.2, 0) is 18.7 Å². The third kappa shape index (κ3) is 5.86. The number of amides is 1. The average Bonchev–Trinajstić information content (AvgIpc) is 2.85. The molecule has 0 unspecified atom stereocenters. The number of carbonyl (C=O) groups is 2. The first-order valence-electron chi connectivity index (χ1n) is 10.5. The Morgan fingerprint density at radius 3 is 2.23 bits per heavy atom. The zero-order valence-electron chi connectivity index (χ0n) is 20.2. The van der Waals surface area contributed by atoms with Gasteiger partial charge in [-0.25, -0.2) is 9.59 Å². The highest BCUT2D eigenvalue weighted by molar-refractivity contribution is 6.74. The van der Waals surface area contributed by atoms with Gasteiger partial charge in [-0.2, -0.15) is 0 Å². The number of esters is 1. The standard InChI is InChI=1S/C22H41NO6Si/c1-11-12-22(13-14-28-30(9,10)21(5,6)7)16(24)15-23(17(22)18(25)27-8)19(26)29-20(2,3)4/h11,16-17,24H,1,12-15H2,2-10H3/t16-,17+,22-/m0/s1. The minimum atomic E-state index is -2.01. The quantitative estimate of drug-likeness (QED) is 0.362. The highest BCUT2D eigenvalue weighted by Gasteiger charge is 2.59. The monoisotopic (exact) mass is 443 g/mol. The number of aliphatic hydroxyl groups is 1. The maximum absolute atomic E-state index is 12.8. The number of aliphatic hydroxyl groups excluding tert-OH is 1. The Morgan fingerprint density at radius 2 is 1.80 bits per heavy atom. The molecule has 1 heterocycles. The van der Waals surface area contributed by atoms with Crippen molar-refractivity contribution in [1.29, 1.82) is 0 Å². The van der Waals surface area contributed by atoms with Gasteiger partial charge in [-0.1, -0.05) is 26.8 Å². The molecule has 0 spiro atoms. The van der Waals surface area contributed by atoms with E-state index >= 15 is 0 Å². The van der Waals surface area contributed by atoms with Crippen LogP contribution in [0.2, 0.25) is 18.1 Å². The van der Waals surface area contributed by atoms with Crippen molar-refractivity contribution in [2.75, 3.05) is 20.3 Å². The molecule has 0 saturated carbocycles. The largest absolute Gasteiger partial charge is 0.467 e. The van der Waals surface area contributed by atoms with E-state index in [2.05, 4.69) is 40.4 Å². The minimum absolute atomic E-state index is 0.0113. The molecule has 7 nitrogen and oxygen atoms in total. The summed E-state index contributed by atoms with van der Waals surface area (Å²) in [4.78, 5) is 26.9. The van der Waals surface area contributed by atoms with E-state index in [1.165, 1.54) is 12.0 Å². The molecule has 1 saturated heterocycles. The van der Waals surface area contributed by atoms with E-state index in [0.29, 0.717) is 19.4 Å². The summed E-state index contributed by atoms with van der Waals surface area (Å²) >= 11 is 0. The summed E-state index contributed by atoms with van der Waals surface area (Å²) in [6, 6.07) is -0.978. The minimum Gasteiger partial charge on any atom is -0.467 e. The van der Waals surface area contributed by atoms with Gasteiger partial charge in [0.15, 0.2) is 8.32 Å². The third-order valence-corrected chi connectivity index (χ3v) is 10.8. The molecule has 3 atom stereocenters. The predicted molar refractivity (Wildman–Crippen MR) is 120 cm³/mol. The Labute approximate surface area is 182 Å². The van der Waals surface area contributed by atoms with Gasteiger partial charge in [0.25, 0.3) is 0 Å². The van der Waals surface area contributed by atoms with Crippen molar-refractivity contribution in [3.05, 3.63) is 12.7 Å². The van der Waals surface area contributed by atoms with Crippen LogP contribution in [0.25, 0.3) is 0 Å². The molecule has 1 aliphatic heterocycles. The molecule has 0 aromatic carbocycles. The number of allylic oxidation sites excluding steroid dienone is 1. The molecule has 1 N–H and O–H groups in total. The normalized spacial score (nSPS) is 25.2. The molecule has 1 fully saturated rings. The number of β-amino-alcohol motifs (C(OH)–C–C–N with tert-alkyl or cyclic N) is 1. The van der Waals surface area contributed by atoms with Crippen LogP contribution < -0.4 is 0 Å². The first kappa shape index (κ1) is 26.7. The molecular weight excluding hydrogens is 402 g/mol. The smallest absolute Gasteiger partial charge is 0.411 e. The summed E-state index contributed by atoms with van der Waals surface area (Å²) in [6.45, 7) is 20.2. The van der Waals surface area contributed by atoms with E-state index in [1.54, 1.807) is 26.8 Å². The first-order valence-corrected chi connectivity index (χ1v) is 13.4. The molecule has 1 rings (SSSR count). The Kier molecular flexibility index (Phi) is 8.35. The van der Waals surface area contributed by atoms with Crippen molar-refractivity contribution in [3.63, 3.8) is 0 Å². The number of carbonyl (C=O) groups excluding carboxylic acids is 2. The molecule has 0 aliphatic carbocycles. The Hall–Kier alpha value is -1.38. The molecule has 174 valence electrons. The SMILES string of the molecule is C=CC[C@]1(CCO[Si](C)(C)C(C)(C)C)[C@@H](O)CN(C(=O)OC(C)(C)C)[C@@H]1C(=O)OC. The van der Waals surface area contributed by atoms with E-state index in [0.717, 1.165) is 0 Å². The number of nitrogens with zero attached hydrogens (tertiary/aromatic N) is 1. The van der Waals surface area contributed by atoms with Crippen LogP contribution in [0.15, 0.2) is 12.7 Å². The number of ether oxygens (including phenoxy) is 2. The summed E-state index contributed by atoms with van der Waals surface area (Å²) in [5.41, 5.74) is -1.67. The number of hydrogen-bond acceptors (Lipinski definition) is 6. The van der Waals surface area contributed by atoms with Crippen LogP contribution in [0.4, 0.5) is 4.79 Å². The summed E-state index contributed by atoms with van der Waals surface area (Å²) in [5, 5.41) is 11.1. The Balaban J connectivity index is 3.23. The van der Waals surface area contributed by atoms with Crippen molar-refractivity contribution in [1.82, 2.24) is 4.90 Å². The van der Waals surface area contributed by atoms with Gasteiger partial charge in [0.1, 0.15) is 11.6 Å². The summed E-state index contributed by atoms with van der Waals surface area (Å²) in [6.07, 6.45) is 0.826. The van der Waals surface area contributed by atoms with Crippen LogP contribution in [0.5, 0.6) is 0 Å². The van der Waals surface area contributed by atoms with E-state index in [4.69, 9.17) is 13.9 Å². The molecule has 0 radical (unpaired) electrons. The zero-order chi connectivity index (χ0) is 23.5. The van der Waals surface area contributed by atoms with Crippen LogP contribution >= 0.6 is 0 Å². The van der Waals surface area contributed by atoms with Gasteiger partial charge < -0.3 is 19.0 Å². The van der Waals surface area contributed by atoms with Gasteiger partial charge in [-0.3, -0.25) is 4.90 Å².